The molecule has 7 heteroatoms. The van der Waals surface area contributed by atoms with Crippen LogP contribution in [0.1, 0.15) is 22.7 Å². The lowest BCUT2D eigenvalue weighted by atomic mass is 9.93. The Morgan fingerprint density at radius 3 is 2.34 bits per heavy atom. The number of aliphatic hydroxyl groups excluding tert-OH is 1. The number of phenols is 1. The van der Waals surface area contributed by atoms with Crippen LogP contribution in [0.25, 0.3) is 5.76 Å². The topological polar surface area (TPSA) is 87.1 Å². The molecule has 6 nitrogen and oxygen atoms in total. The Kier molecular flexibility index (Phi) is 5.40. The number of hydrogen-bond donors (Lipinski definition) is 2. The number of rotatable bonds is 4. The Morgan fingerprint density at radius 1 is 1.03 bits per heavy atom. The van der Waals surface area contributed by atoms with Crippen molar-refractivity contribution in [3.05, 3.63) is 94.8 Å². The standard InChI is InChI=1S/C25H20FNO5/c1-14-13-17(32-2)11-12-18(14)23(29)21-22(15-7-9-16(26)10-8-15)27(25(31)24(21)30)19-5-3-4-6-20(19)28/h3-13,22,28-29H,1-2H3/b23-21-. The van der Waals surface area contributed by atoms with Crippen LogP contribution in [0.5, 0.6) is 11.5 Å². The van der Waals surface area contributed by atoms with Crippen molar-refractivity contribution in [3.63, 3.8) is 0 Å². The number of hydrogen-bond acceptors (Lipinski definition) is 5. The van der Waals surface area contributed by atoms with Gasteiger partial charge in [-0.3, -0.25) is 14.5 Å². The van der Waals surface area contributed by atoms with Gasteiger partial charge in [-0.15, -0.1) is 0 Å². The molecule has 1 heterocycles. The number of aliphatic hydroxyl groups is 1. The number of Topliss-reactive ketones (excluding diaryl/α,β-unsaturated/α-hetero) is 1. The molecule has 3 aromatic rings. The molecule has 1 aliphatic rings. The minimum absolute atomic E-state index is 0.106. The molecule has 0 bridgehead atoms. The number of ketones is 1. The van der Waals surface area contributed by atoms with Gasteiger partial charge in [0.15, 0.2) is 0 Å². The van der Waals surface area contributed by atoms with Gasteiger partial charge in [-0.1, -0.05) is 24.3 Å². The van der Waals surface area contributed by atoms with Gasteiger partial charge in [0.1, 0.15) is 23.1 Å². The van der Waals surface area contributed by atoms with E-state index in [0.717, 1.165) is 4.90 Å². The average molecular weight is 433 g/mol. The summed E-state index contributed by atoms with van der Waals surface area (Å²) in [5, 5.41) is 21.5. The number of benzene rings is 3. The molecule has 4 rings (SSSR count). The molecule has 0 aromatic heterocycles. The summed E-state index contributed by atoms with van der Waals surface area (Å²) in [5.74, 6) is -2.30. The number of nitrogens with zero attached hydrogens (tertiary/aromatic N) is 1. The summed E-state index contributed by atoms with van der Waals surface area (Å²) < 4.78 is 18.8. The van der Waals surface area contributed by atoms with Crippen molar-refractivity contribution in [2.75, 3.05) is 12.0 Å². The molecule has 32 heavy (non-hydrogen) atoms. The molecular weight excluding hydrogens is 413 g/mol. The van der Waals surface area contributed by atoms with Crippen LogP contribution in [0.4, 0.5) is 10.1 Å². The number of aromatic hydroxyl groups is 1. The van der Waals surface area contributed by atoms with Gasteiger partial charge in [-0.2, -0.15) is 0 Å². The second kappa shape index (κ2) is 8.19. The van der Waals surface area contributed by atoms with Gasteiger partial charge in [0.25, 0.3) is 11.7 Å². The van der Waals surface area contributed by atoms with Crippen LogP contribution in [0.3, 0.4) is 0 Å². The second-order valence-electron chi connectivity index (χ2n) is 7.39. The zero-order valence-electron chi connectivity index (χ0n) is 17.4. The minimum Gasteiger partial charge on any atom is -0.507 e. The van der Waals surface area contributed by atoms with Gasteiger partial charge >= 0.3 is 0 Å². The molecule has 0 aliphatic carbocycles. The Bertz CT molecular complexity index is 1250. The highest BCUT2D eigenvalue weighted by atomic mass is 19.1. The number of carbonyl (C=O) groups excluding carboxylic acids is 2. The van der Waals surface area contributed by atoms with E-state index in [4.69, 9.17) is 4.74 Å². The number of phenolic OH excluding ortho intramolecular Hbond substituents is 1. The molecule has 162 valence electrons. The van der Waals surface area contributed by atoms with Crippen molar-refractivity contribution >= 4 is 23.1 Å². The SMILES string of the molecule is COc1ccc(/C(O)=C2/C(=O)C(=O)N(c3ccccc3O)C2c2ccc(F)cc2)c(C)c1. The van der Waals surface area contributed by atoms with Gasteiger partial charge in [0.05, 0.1) is 24.4 Å². The third-order valence-electron chi connectivity index (χ3n) is 5.46. The van der Waals surface area contributed by atoms with Gasteiger partial charge < -0.3 is 14.9 Å². The van der Waals surface area contributed by atoms with Crippen LogP contribution in [-0.2, 0) is 9.59 Å². The van der Waals surface area contributed by atoms with E-state index in [-0.39, 0.29) is 22.8 Å². The molecule has 1 unspecified atom stereocenters. The van der Waals surface area contributed by atoms with Crippen molar-refractivity contribution in [2.45, 2.75) is 13.0 Å². The summed E-state index contributed by atoms with van der Waals surface area (Å²) in [6.45, 7) is 1.74. The maximum atomic E-state index is 13.6. The minimum atomic E-state index is -1.06. The van der Waals surface area contributed by atoms with Crippen LogP contribution in [0.2, 0.25) is 0 Å². The number of anilines is 1. The summed E-state index contributed by atoms with van der Waals surface area (Å²) >= 11 is 0. The molecule has 0 spiro atoms. The van der Waals surface area contributed by atoms with Crippen LogP contribution >= 0.6 is 0 Å². The van der Waals surface area contributed by atoms with Crippen molar-refractivity contribution in [2.24, 2.45) is 0 Å². The predicted molar refractivity (Wildman–Crippen MR) is 117 cm³/mol. The Labute approximate surface area is 183 Å². The summed E-state index contributed by atoms with van der Waals surface area (Å²) in [6.07, 6.45) is 0. The fourth-order valence-electron chi connectivity index (χ4n) is 3.88. The van der Waals surface area contributed by atoms with Crippen LogP contribution < -0.4 is 9.64 Å². The maximum absolute atomic E-state index is 13.6. The van der Waals surface area contributed by atoms with E-state index in [0.29, 0.717) is 22.4 Å². The lowest BCUT2D eigenvalue weighted by Crippen LogP contribution is -2.29. The number of para-hydroxylation sites is 2. The van der Waals surface area contributed by atoms with E-state index in [9.17, 15) is 24.2 Å². The molecular formula is C25H20FNO5. The number of ether oxygens (including phenoxy) is 1. The predicted octanol–water partition coefficient (Wildman–Crippen LogP) is 4.47. The zero-order chi connectivity index (χ0) is 23.0. The van der Waals surface area contributed by atoms with Crippen molar-refractivity contribution in [1.29, 1.82) is 0 Å². The quantitative estimate of drug-likeness (QED) is 0.360. The smallest absolute Gasteiger partial charge is 0.300 e. The number of methoxy groups -OCH3 is 1. The molecule has 3 aromatic carbocycles. The first kappa shape index (κ1) is 21.1. The fraction of sp³-hybridized carbons (Fsp3) is 0.120. The second-order valence-corrected chi connectivity index (χ2v) is 7.39. The van der Waals surface area contributed by atoms with E-state index in [1.54, 1.807) is 37.3 Å². The lowest BCUT2D eigenvalue weighted by molar-refractivity contribution is -0.132. The van der Waals surface area contributed by atoms with E-state index in [2.05, 4.69) is 0 Å². The molecule has 1 aliphatic heterocycles. The Hall–Kier alpha value is -4.13. The first-order valence-electron chi connectivity index (χ1n) is 9.83. The van der Waals surface area contributed by atoms with E-state index in [1.807, 2.05) is 0 Å². The molecule has 1 atom stereocenters. The van der Waals surface area contributed by atoms with Gasteiger partial charge in [0, 0.05) is 5.56 Å². The van der Waals surface area contributed by atoms with Crippen molar-refractivity contribution in [3.8, 4) is 11.5 Å². The van der Waals surface area contributed by atoms with Crippen LogP contribution in [-0.4, -0.2) is 29.0 Å². The summed E-state index contributed by atoms with van der Waals surface area (Å²) in [4.78, 5) is 27.3. The van der Waals surface area contributed by atoms with E-state index < -0.39 is 23.5 Å². The Balaban J connectivity index is 1.97. The first-order valence-corrected chi connectivity index (χ1v) is 9.83. The molecule has 1 fully saturated rings. The molecule has 0 saturated carbocycles. The summed E-state index contributed by atoms with van der Waals surface area (Å²) in [5.41, 5.74) is 1.34. The number of aryl methyl sites for hydroxylation is 1. The zero-order valence-corrected chi connectivity index (χ0v) is 17.4. The molecule has 1 saturated heterocycles. The highest BCUT2D eigenvalue weighted by Gasteiger charge is 2.47. The average Bonchev–Trinajstić information content (AvgIpc) is 3.04. The molecule has 1 amide bonds. The van der Waals surface area contributed by atoms with Crippen molar-refractivity contribution in [1.82, 2.24) is 0 Å². The number of halogens is 1. The van der Waals surface area contributed by atoms with Crippen molar-refractivity contribution < 1.29 is 28.9 Å². The fourth-order valence-corrected chi connectivity index (χ4v) is 3.88. The highest BCUT2D eigenvalue weighted by molar-refractivity contribution is 6.52. The maximum Gasteiger partial charge on any atom is 0.300 e. The largest absolute Gasteiger partial charge is 0.507 e. The van der Waals surface area contributed by atoms with Gasteiger partial charge in [-0.25, -0.2) is 4.39 Å². The van der Waals surface area contributed by atoms with E-state index >= 15 is 0 Å². The summed E-state index contributed by atoms with van der Waals surface area (Å²) in [7, 11) is 1.51. The first-order chi connectivity index (χ1) is 15.3. The van der Waals surface area contributed by atoms with Crippen LogP contribution in [0.15, 0.2) is 72.3 Å². The summed E-state index contributed by atoms with van der Waals surface area (Å²) in [6, 6.07) is 15.2. The van der Waals surface area contributed by atoms with Gasteiger partial charge in [0.2, 0.25) is 0 Å². The Morgan fingerprint density at radius 2 is 1.72 bits per heavy atom. The third-order valence-corrected chi connectivity index (χ3v) is 5.46. The monoisotopic (exact) mass is 433 g/mol. The normalized spacial score (nSPS) is 17.6. The molecule has 0 radical (unpaired) electrons. The number of amides is 1. The number of carbonyl (C=O) groups is 2. The van der Waals surface area contributed by atoms with Crippen LogP contribution in [0, 0.1) is 12.7 Å². The van der Waals surface area contributed by atoms with Gasteiger partial charge in [-0.05, 0) is 60.5 Å². The lowest BCUT2D eigenvalue weighted by Gasteiger charge is -2.26. The third kappa shape index (κ3) is 3.47. The van der Waals surface area contributed by atoms with E-state index in [1.165, 1.54) is 43.5 Å². The molecule has 2 N–H and O–H groups in total. The highest BCUT2D eigenvalue weighted by Crippen LogP contribution is 2.44.